The second-order valence-electron chi connectivity index (χ2n) is 4.87. The molecule has 2 rings (SSSR count). The number of nitrogens with zero attached hydrogens (tertiary/aromatic N) is 1. The van der Waals surface area contributed by atoms with E-state index in [-0.39, 0.29) is 11.3 Å². The van der Waals surface area contributed by atoms with Crippen LogP contribution in [0.3, 0.4) is 0 Å². The number of hydrogen-bond donors (Lipinski definition) is 3. The number of anilines is 1. The minimum atomic E-state index is 0.0474. The van der Waals surface area contributed by atoms with Gasteiger partial charge >= 0.3 is 0 Å². The molecule has 19 heavy (non-hydrogen) atoms. The molecule has 0 spiro atoms. The Hall–Kier alpha value is -0.840. The van der Waals surface area contributed by atoms with Crippen molar-refractivity contribution in [1.29, 1.82) is 0 Å². The van der Waals surface area contributed by atoms with Gasteiger partial charge in [-0.05, 0) is 30.4 Å². The first-order valence-electron chi connectivity index (χ1n) is 5.81. The zero-order chi connectivity index (χ0) is 14.0. The molecule has 4 nitrogen and oxygen atoms in total. The van der Waals surface area contributed by atoms with E-state index in [1.165, 1.54) is 0 Å². The standard InChI is InChI=1S/C12H14Cl3N3O/c13-7-3-9(15)10(4-8(7)14)17-6-12(1-2-12)5-11(16)18-19/h3-4,17,19H,1-2,5-6H2,(H2,16,18). The third-order valence-electron chi connectivity index (χ3n) is 3.31. The Morgan fingerprint density at radius 3 is 2.47 bits per heavy atom. The number of nitrogens with one attached hydrogen (secondary N) is 1. The highest BCUT2D eigenvalue weighted by Crippen LogP contribution is 2.49. The van der Waals surface area contributed by atoms with E-state index in [0.717, 1.165) is 18.5 Å². The van der Waals surface area contributed by atoms with Crippen LogP contribution in [0.4, 0.5) is 5.69 Å². The van der Waals surface area contributed by atoms with Gasteiger partial charge in [0, 0.05) is 13.0 Å². The van der Waals surface area contributed by atoms with Gasteiger partial charge in [-0.25, -0.2) is 0 Å². The summed E-state index contributed by atoms with van der Waals surface area (Å²) in [5, 5.41) is 16.3. The minimum Gasteiger partial charge on any atom is -0.409 e. The lowest BCUT2D eigenvalue weighted by Crippen LogP contribution is -2.23. The Balaban J connectivity index is 2.01. The molecule has 1 aromatic rings. The van der Waals surface area contributed by atoms with Crippen molar-refractivity contribution in [1.82, 2.24) is 0 Å². The Kier molecular flexibility index (Phi) is 4.33. The van der Waals surface area contributed by atoms with Gasteiger partial charge in [-0.2, -0.15) is 0 Å². The van der Waals surface area contributed by atoms with Gasteiger partial charge in [0.05, 0.1) is 20.8 Å². The maximum Gasteiger partial charge on any atom is 0.139 e. The quantitative estimate of drug-likeness (QED) is 0.252. The molecular weight excluding hydrogens is 309 g/mol. The Labute approximate surface area is 126 Å². The molecule has 0 aliphatic heterocycles. The average Bonchev–Trinajstić information content (AvgIpc) is 3.12. The van der Waals surface area contributed by atoms with Gasteiger partial charge < -0.3 is 16.3 Å². The molecule has 1 saturated carbocycles. The molecule has 0 bridgehead atoms. The third-order valence-corrected chi connectivity index (χ3v) is 4.34. The number of amidine groups is 1. The highest BCUT2D eigenvalue weighted by molar-refractivity contribution is 6.44. The predicted molar refractivity (Wildman–Crippen MR) is 79.7 cm³/mol. The fraction of sp³-hybridized carbons (Fsp3) is 0.417. The molecule has 4 N–H and O–H groups in total. The van der Waals surface area contributed by atoms with Crippen molar-refractivity contribution in [2.75, 3.05) is 11.9 Å². The normalized spacial score (nSPS) is 17.3. The van der Waals surface area contributed by atoms with Crippen molar-refractivity contribution in [3.05, 3.63) is 27.2 Å². The second-order valence-corrected chi connectivity index (χ2v) is 6.09. The van der Waals surface area contributed by atoms with Crippen LogP contribution >= 0.6 is 34.8 Å². The molecule has 0 radical (unpaired) electrons. The Morgan fingerprint density at radius 2 is 1.89 bits per heavy atom. The van der Waals surface area contributed by atoms with E-state index < -0.39 is 0 Å². The minimum absolute atomic E-state index is 0.0474. The number of hydrogen-bond acceptors (Lipinski definition) is 3. The number of oxime groups is 1. The lowest BCUT2D eigenvalue weighted by atomic mass is 10.0. The maximum atomic E-state index is 8.61. The zero-order valence-electron chi connectivity index (χ0n) is 10.1. The van der Waals surface area contributed by atoms with Crippen LogP contribution in [0.1, 0.15) is 19.3 Å². The van der Waals surface area contributed by atoms with E-state index >= 15 is 0 Å². The fourth-order valence-corrected chi connectivity index (χ4v) is 2.57. The molecule has 7 heteroatoms. The molecule has 0 atom stereocenters. The predicted octanol–water partition coefficient (Wildman–Crippen LogP) is 3.98. The van der Waals surface area contributed by atoms with Crippen LogP contribution in [0.25, 0.3) is 0 Å². The summed E-state index contributed by atoms with van der Waals surface area (Å²) in [6.45, 7) is 0.695. The first-order chi connectivity index (χ1) is 8.96. The first kappa shape index (κ1) is 14.6. The van der Waals surface area contributed by atoms with E-state index in [1.807, 2.05) is 0 Å². The van der Waals surface area contributed by atoms with Gasteiger partial charge in [0.1, 0.15) is 5.84 Å². The summed E-state index contributed by atoms with van der Waals surface area (Å²) in [6.07, 6.45) is 2.64. The smallest absolute Gasteiger partial charge is 0.139 e. The van der Waals surface area contributed by atoms with E-state index in [2.05, 4.69) is 10.5 Å². The summed E-state index contributed by atoms with van der Waals surface area (Å²) in [5.74, 6) is 0.250. The summed E-state index contributed by atoms with van der Waals surface area (Å²) in [5.41, 5.74) is 6.33. The van der Waals surface area contributed by atoms with Crippen LogP contribution in [-0.2, 0) is 0 Å². The molecule has 1 aliphatic carbocycles. The largest absolute Gasteiger partial charge is 0.409 e. The monoisotopic (exact) mass is 321 g/mol. The van der Waals surface area contributed by atoms with Crippen molar-refractivity contribution in [2.45, 2.75) is 19.3 Å². The highest BCUT2D eigenvalue weighted by atomic mass is 35.5. The number of rotatable bonds is 5. The van der Waals surface area contributed by atoms with Gasteiger partial charge in [0.2, 0.25) is 0 Å². The molecule has 0 amide bonds. The molecule has 104 valence electrons. The molecule has 0 heterocycles. The van der Waals surface area contributed by atoms with E-state index in [0.29, 0.717) is 28.0 Å². The third kappa shape index (κ3) is 3.59. The van der Waals surface area contributed by atoms with Gasteiger partial charge in [0.15, 0.2) is 0 Å². The van der Waals surface area contributed by atoms with Gasteiger partial charge in [-0.1, -0.05) is 40.0 Å². The van der Waals surface area contributed by atoms with Gasteiger partial charge in [-0.3, -0.25) is 0 Å². The van der Waals surface area contributed by atoms with Crippen LogP contribution in [0.2, 0.25) is 15.1 Å². The first-order valence-corrected chi connectivity index (χ1v) is 6.94. The Bertz CT molecular complexity index is 515. The van der Waals surface area contributed by atoms with Crippen LogP contribution in [0.15, 0.2) is 17.3 Å². The Morgan fingerprint density at radius 1 is 1.26 bits per heavy atom. The van der Waals surface area contributed by atoms with Crippen molar-refractivity contribution in [3.8, 4) is 0 Å². The second kappa shape index (κ2) is 5.65. The maximum absolute atomic E-state index is 8.61. The van der Waals surface area contributed by atoms with E-state index in [4.69, 9.17) is 45.7 Å². The number of halogens is 3. The molecule has 0 unspecified atom stereocenters. The lowest BCUT2D eigenvalue weighted by molar-refractivity contribution is 0.315. The van der Waals surface area contributed by atoms with E-state index in [1.54, 1.807) is 12.1 Å². The van der Waals surface area contributed by atoms with E-state index in [9.17, 15) is 0 Å². The SMILES string of the molecule is NC(CC1(CNc2cc(Cl)c(Cl)cc2Cl)CC1)=NO. The van der Waals surface area contributed by atoms with Crippen molar-refractivity contribution in [2.24, 2.45) is 16.3 Å². The lowest BCUT2D eigenvalue weighted by Gasteiger charge is -2.17. The fourth-order valence-electron chi connectivity index (χ4n) is 1.95. The van der Waals surface area contributed by atoms with Gasteiger partial charge in [-0.15, -0.1) is 0 Å². The summed E-state index contributed by atoms with van der Waals surface area (Å²) in [7, 11) is 0. The molecular formula is C12H14Cl3N3O. The highest BCUT2D eigenvalue weighted by Gasteiger charge is 2.43. The molecule has 1 aliphatic rings. The molecule has 1 aromatic carbocycles. The molecule has 0 saturated heterocycles. The van der Waals surface area contributed by atoms with Crippen LogP contribution < -0.4 is 11.1 Å². The van der Waals surface area contributed by atoms with Crippen molar-refractivity contribution >= 4 is 46.3 Å². The molecule has 1 fully saturated rings. The summed E-state index contributed by atoms with van der Waals surface area (Å²) < 4.78 is 0. The average molecular weight is 323 g/mol. The van der Waals surface area contributed by atoms with Crippen LogP contribution in [0, 0.1) is 5.41 Å². The molecule has 0 aromatic heterocycles. The zero-order valence-corrected chi connectivity index (χ0v) is 12.4. The number of nitrogens with two attached hydrogens (primary N) is 1. The summed E-state index contributed by atoms with van der Waals surface area (Å²) in [6, 6.07) is 3.31. The summed E-state index contributed by atoms with van der Waals surface area (Å²) in [4.78, 5) is 0. The number of benzene rings is 1. The van der Waals surface area contributed by atoms with Gasteiger partial charge in [0.25, 0.3) is 0 Å². The summed E-state index contributed by atoms with van der Waals surface area (Å²) >= 11 is 17.9. The van der Waals surface area contributed by atoms with Crippen LogP contribution in [0.5, 0.6) is 0 Å². The van der Waals surface area contributed by atoms with Crippen molar-refractivity contribution in [3.63, 3.8) is 0 Å². The topological polar surface area (TPSA) is 70.6 Å². The van der Waals surface area contributed by atoms with Crippen molar-refractivity contribution < 1.29 is 5.21 Å². The van der Waals surface area contributed by atoms with Crippen LogP contribution in [-0.4, -0.2) is 17.6 Å².